The van der Waals surface area contributed by atoms with Gasteiger partial charge in [-0.25, -0.2) is 0 Å². The minimum absolute atomic E-state index is 0.0308. The Morgan fingerprint density at radius 1 is 1.24 bits per heavy atom. The molecule has 0 radical (unpaired) electrons. The average molecular weight is 419 g/mol. The zero-order chi connectivity index (χ0) is 15.2. The molecule has 0 aromatic heterocycles. The molecule has 1 N–H and O–H groups in total. The lowest BCUT2D eigenvalue weighted by atomic mass is 10.1. The lowest BCUT2D eigenvalue weighted by Gasteiger charge is -2.20. The first-order valence-electron chi connectivity index (χ1n) is 7.48. The topological polar surface area (TPSA) is 38.3 Å². The van der Waals surface area contributed by atoms with E-state index in [0.29, 0.717) is 11.8 Å². The van der Waals surface area contributed by atoms with E-state index in [9.17, 15) is 4.79 Å². The molecule has 0 bridgehead atoms. The molecule has 116 valence electrons. The fourth-order valence-electron chi connectivity index (χ4n) is 2.56. The molecule has 0 aliphatic heterocycles. The zero-order valence-electron chi connectivity index (χ0n) is 12.2. The van der Waals surface area contributed by atoms with Crippen molar-refractivity contribution >= 4 is 37.8 Å². The summed E-state index contributed by atoms with van der Waals surface area (Å²) in [4.78, 5) is 12.2. The van der Waals surface area contributed by atoms with Gasteiger partial charge in [0, 0.05) is 10.5 Å². The standard InChI is InChI=1S/C16H21Br2NO2/c1-11(21-15-9-8-12(17)10-14(15)18)16(20)19-13-6-4-2-3-5-7-13/h8-11,13H,2-7H2,1H3,(H,19,20)/t11-/m1/s1. The third-order valence-corrected chi connectivity index (χ3v) is 4.88. The largest absolute Gasteiger partial charge is 0.480 e. The molecule has 1 atom stereocenters. The summed E-state index contributed by atoms with van der Waals surface area (Å²) in [6, 6.07) is 5.96. The maximum atomic E-state index is 12.2. The van der Waals surface area contributed by atoms with Crippen molar-refractivity contribution in [3.63, 3.8) is 0 Å². The van der Waals surface area contributed by atoms with Crippen LogP contribution in [0.4, 0.5) is 0 Å². The van der Waals surface area contributed by atoms with Crippen LogP contribution in [0.5, 0.6) is 5.75 Å². The van der Waals surface area contributed by atoms with E-state index in [1.807, 2.05) is 18.2 Å². The van der Waals surface area contributed by atoms with Crippen LogP contribution in [0, 0.1) is 0 Å². The van der Waals surface area contributed by atoms with Crippen LogP contribution >= 0.6 is 31.9 Å². The van der Waals surface area contributed by atoms with Crippen molar-refractivity contribution in [1.82, 2.24) is 5.32 Å². The van der Waals surface area contributed by atoms with Crippen LogP contribution in [0.25, 0.3) is 0 Å². The van der Waals surface area contributed by atoms with Crippen molar-refractivity contribution < 1.29 is 9.53 Å². The molecule has 0 saturated heterocycles. The summed E-state index contributed by atoms with van der Waals surface area (Å²) in [5.74, 6) is 0.651. The Labute approximate surface area is 143 Å². The number of benzene rings is 1. The number of rotatable bonds is 4. The first kappa shape index (κ1) is 16.8. The first-order chi connectivity index (χ1) is 10.1. The van der Waals surface area contributed by atoms with Crippen LogP contribution in [-0.4, -0.2) is 18.1 Å². The van der Waals surface area contributed by atoms with Crippen LogP contribution in [0.1, 0.15) is 45.4 Å². The number of carbonyl (C=O) groups excluding carboxylic acids is 1. The fraction of sp³-hybridized carbons (Fsp3) is 0.562. The molecule has 21 heavy (non-hydrogen) atoms. The number of hydrogen-bond acceptors (Lipinski definition) is 2. The number of amides is 1. The predicted octanol–water partition coefficient (Wildman–Crippen LogP) is 4.82. The normalized spacial score (nSPS) is 17.9. The van der Waals surface area contributed by atoms with Gasteiger partial charge in [0.2, 0.25) is 0 Å². The van der Waals surface area contributed by atoms with Crippen LogP contribution < -0.4 is 10.1 Å². The van der Waals surface area contributed by atoms with Gasteiger partial charge >= 0.3 is 0 Å². The van der Waals surface area contributed by atoms with E-state index in [1.54, 1.807) is 6.92 Å². The molecule has 1 aliphatic rings. The lowest BCUT2D eigenvalue weighted by Crippen LogP contribution is -2.42. The highest BCUT2D eigenvalue weighted by Gasteiger charge is 2.20. The van der Waals surface area contributed by atoms with Gasteiger partial charge in [0.15, 0.2) is 6.10 Å². The van der Waals surface area contributed by atoms with Gasteiger partial charge in [0.25, 0.3) is 5.91 Å². The van der Waals surface area contributed by atoms with E-state index < -0.39 is 6.10 Å². The number of nitrogens with one attached hydrogen (secondary N) is 1. The second kappa shape index (κ2) is 8.18. The van der Waals surface area contributed by atoms with Crippen LogP contribution in [-0.2, 0) is 4.79 Å². The van der Waals surface area contributed by atoms with E-state index in [4.69, 9.17) is 4.74 Å². The molecular weight excluding hydrogens is 398 g/mol. The molecule has 3 nitrogen and oxygen atoms in total. The van der Waals surface area contributed by atoms with E-state index >= 15 is 0 Å². The molecule has 1 amide bonds. The number of ether oxygens (including phenoxy) is 1. The van der Waals surface area contributed by atoms with E-state index in [1.165, 1.54) is 25.7 Å². The van der Waals surface area contributed by atoms with Crippen molar-refractivity contribution in [3.8, 4) is 5.75 Å². The van der Waals surface area contributed by atoms with Gasteiger partial charge in [0.05, 0.1) is 4.47 Å². The molecule has 1 fully saturated rings. The highest BCUT2D eigenvalue weighted by atomic mass is 79.9. The molecule has 0 heterocycles. The minimum atomic E-state index is -0.495. The molecule has 1 aromatic carbocycles. The third-order valence-electron chi connectivity index (χ3n) is 3.77. The van der Waals surface area contributed by atoms with Crippen LogP contribution in [0.3, 0.4) is 0 Å². The van der Waals surface area contributed by atoms with Gasteiger partial charge < -0.3 is 10.1 Å². The van der Waals surface area contributed by atoms with Crippen molar-refractivity contribution in [3.05, 3.63) is 27.1 Å². The summed E-state index contributed by atoms with van der Waals surface area (Å²) < 4.78 is 7.56. The monoisotopic (exact) mass is 417 g/mol. The van der Waals surface area contributed by atoms with Gasteiger partial charge in [-0.05, 0) is 53.9 Å². The second-order valence-corrected chi connectivity index (χ2v) is 7.30. The van der Waals surface area contributed by atoms with E-state index in [2.05, 4.69) is 37.2 Å². The van der Waals surface area contributed by atoms with Crippen LogP contribution in [0.15, 0.2) is 27.1 Å². The zero-order valence-corrected chi connectivity index (χ0v) is 15.4. The Hall–Kier alpha value is -0.550. The average Bonchev–Trinajstić information content (AvgIpc) is 2.70. The second-order valence-electron chi connectivity index (χ2n) is 5.53. The van der Waals surface area contributed by atoms with Gasteiger partial charge in [0.1, 0.15) is 5.75 Å². The van der Waals surface area contributed by atoms with Crippen molar-refractivity contribution in [2.45, 2.75) is 57.6 Å². The lowest BCUT2D eigenvalue weighted by molar-refractivity contribution is -0.128. The smallest absolute Gasteiger partial charge is 0.260 e. The highest BCUT2D eigenvalue weighted by Crippen LogP contribution is 2.29. The summed E-state index contributed by atoms with van der Waals surface area (Å²) in [5, 5.41) is 3.12. The highest BCUT2D eigenvalue weighted by molar-refractivity contribution is 9.11. The number of halogens is 2. The van der Waals surface area contributed by atoms with Gasteiger partial charge in [-0.3, -0.25) is 4.79 Å². The molecular formula is C16H21Br2NO2. The molecule has 5 heteroatoms. The first-order valence-corrected chi connectivity index (χ1v) is 9.07. The van der Waals surface area contributed by atoms with E-state index in [-0.39, 0.29) is 5.91 Å². The molecule has 1 aliphatic carbocycles. The fourth-order valence-corrected chi connectivity index (χ4v) is 3.70. The summed E-state index contributed by atoms with van der Waals surface area (Å²) in [5.41, 5.74) is 0. The third kappa shape index (κ3) is 5.29. The summed E-state index contributed by atoms with van der Waals surface area (Å²) in [6.45, 7) is 1.79. The quantitative estimate of drug-likeness (QED) is 0.712. The Morgan fingerprint density at radius 2 is 1.90 bits per heavy atom. The summed E-state index contributed by atoms with van der Waals surface area (Å²) in [7, 11) is 0. The molecule has 1 saturated carbocycles. The Bertz CT molecular complexity index is 485. The minimum Gasteiger partial charge on any atom is -0.480 e. The SMILES string of the molecule is C[C@@H](Oc1ccc(Br)cc1Br)C(=O)NC1CCCCCC1. The Balaban J connectivity index is 1.89. The maximum absolute atomic E-state index is 12.2. The van der Waals surface area contributed by atoms with Gasteiger partial charge in [-0.2, -0.15) is 0 Å². The number of hydrogen-bond donors (Lipinski definition) is 1. The van der Waals surface area contributed by atoms with E-state index in [0.717, 1.165) is 21.8 Å². The van der Waals surface area contributed by atoms with Gasteiger partial charge in [-0.15, -0.1) is 0 Å². The molecule has 1 aromatic rings. The van der Waals surface area contributed by atoms with Crippen molar-refractivity contribution in [2.24, 2.45) is 0 Å². The summed E-state index contributed by atoms with van der Waals surface area (Å²) >= 11 is 6.85. The molecule has 0 spiro atoms. The maximum Gasteiger partial charge on any atom is 0.260 e. The van der Waals surface area contributed by atoms with Crippen molar-refractivity contribution in [1.29, 1.82) is 0 Å². The summed E-state index contributed by atoms with van der Waals surface area (Å²) in [6.07, 6.45) is 6.65. The molecule has 2 rings (SSSR count). The number of carbonyl (C=O) groups is 1. The molecule has 0 unspecified atom stereocenters. The Kier molecular flexibility index (Phi) is 6.55. The predicted molar refractivity (Wildman–Crippen MR) is 91.6 cm³/mol. The van der Waals surface area contributed by atoms with Gasteiger partial charge in [-0.1, -0.05) is 41.6 Å². The Morgan fingerprint density at radius 3 is 2.52 bits per heavy atom. The van der Waals surface area contributed by atoms with Crippen molar-refractivity contribution in [2.75, 3.05) is 0 Å². The van der Waals surface area contributed by atoms with Crippen LogP contribution in [0.2, 0.25) is 0 Å².